The van der Waals surface area contributed by atoms with E-state index in [2.05, 4.69) is 0 Å². The topological polar surface area (TPSA) is 34.1 Å². The molecule has 1 aliphatic carbocycles. The number of carbonyl (C=O) groups excluding carboxylic acids is 2. The number of carbonyl (C=O) groups is 2. The van der Waals surface area contributed by atoms with Crippen LogP contribution >= 0.6 is 0 Å². The van der Waals surface area contributed by atoms with Gasteiger partial charge in [-0.3, -0.25) is 4.79 Å². The Labute approximate surface area is 79.7 Å². The van der Waals surface area contributed by atoms with Gasteiger partial charge in [0.15, 0.2) is 0 Å². The van der Waals surface area contributed by atoms with E-state index >= 15 is 0 Å². The second kappa shape index (κ2) is 4.03. The van der Waals surface area contributed by atoms with E-state index < -0.39 is 0 Å². The first-order chi connectivity index (χ1) is 6.10. The van der Waals surface area contributed by atoms with E-state index in [0.29, 0.717) is 12.2 Å². The summed E-state index contributed by atoms with van der Waals surface area (Å²) < 4.78 is 0. The Morgan fingerprint density at radius 3 is 2.92 bits per heavy atom. The molecule has 0 N–H and O–H groups in total. The van der Waals surface area contributed by atoms with E-state index in [0.717, 1.165) is 32.0 Å². The standard InChI is InChI=1S/C11H18O2/c1-9-5-3-6-11(2,10(9)13)7-4-8-12/h8-9H,3-7H2,1-2H3. The minimum atomic E-state index is -0.210. The maximum Gasteiger partial charge on any atom is 0.141 e. The van der Waals surface area contributed by atoms with Crippen molar-refractivity contribution in [3.8, 4) is 0 Å². The van der Waals surface area contributed by atoms with Crippen LogP contribution < -0.4 is 0 Å². The molecule has 2 unspecified atom stereocenters. The van der Waals surface area contributed by atoms with Gasteiger partial charge in [-0.25, -0.2) is 0 Å². The second-order valence-corrected chi connectivity index (χ2v) is 4.42. The van der Waals surface area contributed by atoms with E-state index in [1.54, 1.807) is 0 Å². The predicted octanol–water partition coefficient (Wildman–Crippen LogP) is 2.36. The molecule has 0 heterocycles. The molecule has 1 aliphatic rings. The quantitative estimate of drug-likeness (QED) is 0.628. The van der Waals surface area contributed by atoms with Gasteiger partial charge in [0.05, 0.1) is 0 Å². The first-order valence-electron chi connectivity index (χ1n) is 5.08. The van der Waals surface area contributed by atoms with E-state index in [9.17, 15) is 9.59 Å². The van der Waals surface area contributed by atoms with Gasteiger partial charge in [-0.15, -0.1) is 0 Å². The smallest absolute Gasteiger partial charge is 0.141 e. The van der Waals surface area contributed by atoms with Gasteiger partial charge in [-0.2, -0.15) is 0 Å². The summed E-state index contributed by atoms with van der Waals surface area (Å²) >= 11 is 0. The zero-order valence-electron chi connectivity index (χ0n) is 8.51. The van der Waals surface area contributed by atoms with Crippen molar-refractivity contribution in [2.24, 2.45) is 11.3 Å². The van der Waals surface area contributed by atoms with Gasteiger partial charge in [0.2, 0.25) is 0 Å². The van der Waals surface area contributed by atoms with E-state index in [4.69, 9.17) is 0 Å². The van der Waals surface area contributed by atoms with Crippen molar-refractivity contribution in [1.29, 1.82) is 0 Å². The fourth-order valence-corrected chi connectivity index (χ4v) is 2.27. The lowest BCUT2D eigenvalue weighted by Gasteiger charge is -2.34. The Balaban J connectivity index is 2.63. The van der Waals surface area contributed by atoms with E-state index in [-0.39, 0.29) is 11.3 Å². The molecule has 1 fully saturated rings. The summed E-state index contributed by atoms with van der Waals surface area (Å²) in [6.07, 6.45) is 5.29. The number of ketones is 1. The minimum Gasteiger partial charge on any atom is -0.303 e. The number of Topliss-reactive ketones (excluding diaryl/α,β-unsaturated/α-hetero) is 1. The predicted molar refractivity (Wildman–Crippen MR) is 51.4 cm³/mol. The summed E-state index contributed by atoms with van der Waals surface area (Å²) in [5.74, 6) is 0.561. The molecule has 0 bridgehead atoms. The van der Waals surface area contributed by atoms with Crippen molar-refractivity contribution in [3.05, 3.63) is 0 Å². The molecule has 0 saturated heterocycles. The lowest BCUT2D eigenvalue weighted by Crippen LogP contribution is -2.36. The van der Waals surface area contributed by atoms with Crippen LogP contribution in [0.3, 0.4) is 0 Å². The Bertz CT molecular complexity index is 210. The number of hydrogen-bond acceptors (Lipinski definition) is 2. The van der Waals surface area contributed by atoms with Gasteiger partial charge < -0.3 is 4.79 Å². The van der Waals surface area contributed by atoms with Crippen LogP contribution in [0.4, 0.5) is 0 Å². The molecule has 2 atom stereocenters. The largest absolute Gasteiger partial charge is 0.303 e. The molecule has 0 aromatic carbocycles. The average Bonchev–Trinajstić information content (AvgIpc) is 2.11. The molecule has 13 heavy (non-hydrogen) atoms. The Hall–Kier alpha value is -0.660. The molecule has 0 aromatic rings. The summed E-state index contributed by atoms with van der Waals surface area (Å²) in [6, 6.07) is 0. The molecular formula is C11H18O2. The molecule has 0 spiro atoms. The van der Waals surface area contributed by atoms with Gasteiger partial charge in [0, 0.05) is 17.8 Å². The van der Waals surface area contributed by atoms with Crippen molar-refractivity contribution in [2.75, 3.05) is 0 Å². The van der Waals surface area contributed by atoms with Crippen LogP contribution in [-0.2, 0) is 9.59 Å². The lowest BCUT2D eigenvalue weighted by molar-refractivity contribution is -0.135. The molecule has 0 amide bonds. The molecule has 2 heteroatoms. The monoisotopic (exact) mass is 182 g/mol. The van der Waals surface area contributed by atoms with E-state index in [1.807, 2.05) is 13.8 Å². The maximum atomic E-state index is 11.8. The molecule has 0 aliphatic heterocycles. The molecular weight excluding hydrogens is 164 g/mol. The van der Waals surface area contributed by atoms with Crippen molar-refractivity contribution in [3.63, 3.8) is 0 Å². The number of aldehydes is 1. The van der Waals surface area contributed by atoms with Crippen molar-refractivity contribution < 1.29 is 9.59 Å². The highest BCUT2D eigenvalue weighted by molar-refractivity contribution is 5.87. The molecule has 0 radical (unpaired) electrons. The summed E-state index contributed by atoms with van der Waals surface area (Å²) in [5.41, 5.74) is -0.210. The third-order valence-electron chi connectivity index (χ3n) is 3.22. The number of hydrogen-bond donors (Lipinski definition) is 0. The molecule has 74 valence electrons. The summed E-state index contributed by atoms with van der Waals surface area (Å²) in [5, 5.41) is 0. The molecule has 2 nitrogen and oxygen atoms in total. The molecule has 1 rings (SSSR count). The summed E-state index contributed by atoms with van der Waals surface area (Å²) in [7, 11) is 0. The van der Waals surface area contributed by atoms with Gasteiger partial charge in [-0.1, -0.05) is 20.3 Å². The van der Waals surface area contributed by atoms with Crippen LogP contribution in [0.2, 0.25) is 0 Å². The normalized spacial score (nSPS) is 34.6. The third-order valence-corrected chi connectivity index (χ3v) is 3.22. The number of rotatable bonds is 3. The fraction of sp³-hybridized carbons (Fsp3) is 0.818. The summed E-state index contributed by atoms with van der Waals surface area (Å²) in [4.78, 5) is 22.1. The Morgan fingerprint density at radius 1 is 1.62 bits per heavy atom. The molecule has 1 saturated carbocycles. The average molecular weight is 182 g/mol. The van der Waals surface area contributed by atoms with Crippen molar-refractivity contribution >= 4 is 12.1 Å². The van der Waals surface area contributed by atoms with Crippen molar-refractivity contribution in [1.82, 2.24) is 0 Å². The SMILES string of the molecule is CC1CCCC(C)(CCC=O)C1=O. The fourth-order valence-electron chi connectivity index (χ4n) is 2.27. The van der Waals surface area contributed by atoms with Gasteiger partial charge in [0.25, 0.3) is 0 Å². The van der Waals surface area contributed by atoms with Gasteiger partial charge >= 0.3 is 0 Å². The summed E-state index contributed by atoms with van der Waals surface area (Å²) in [6.45, 7) is 4.01. The second-order valence-electron chi connectivity index (χ2n) is 4.42. The van der Waals surface area contributed by atoms with Gasteiger partial charge in [0.1, 0.15) is 12.1 Å². The zero-order valence-corrected chi connectivity index (χ0v) is 8.51. The van der Waals surface area contributed by atoms with Gasteiger partial charge in [-0.05, 0) is 19.3 Å². The van der Waals surface area contributed by atoms with E-state index in [1.165, 1.54) is 0 Å². The first-order valence-corrected chi connectivity index (χ1v) is 5.08. The highest BCUT2D eigenvalue weighted by atomic mass is 16.1. The highest BCUT2D eigenvalue weighted by Gasteiger charge is 2.38. The highest BCUT2D eigenvalue weighted by Crippen LogP contribution is 2.38. The van der Waals surface area contributed by atoms with Crippen LogP contribution in [0.1, 0.15) is 46.0 Å². The third kappa shape index (κ3) is 2.17. The van der Waals surface area contributed by atoms with Crippen molar-refractivity contribution in [2.45, 2.75) is 46.0 Å². The van der Waals surface area contributed by atoms with Crippen LogP contribution in [0.25, 0.3) is 0 Å². The zero-order chi connectivity index (χ0) is 9.90. The van der Waals surface area contributed by atoms with Crippen LogP contribution in [0, 0.1) is 11.3 Å². The lowest BCUT2D eigenvalue weighted by atomic mass is 9.68. The Kier molecular flexibility index (Phi) is 3.23. The first kappa shape index (κ1) is 10.4. The molecule has 0 aromatic heterocycles. The van der Waals surface area contributed by atoms with Crippen LogP contribution in [-0.4, -0.2) is 12.1 Å². The minimum absolute atomic E-state index is 0.199. The maximum absolute atomic E-state index is 11.8. The van der Waals surface area contributed by atoms with Crippen LogP contribution in [0.5, 0.6) is 0 Å². The Morgan fingerprint density at radius 2 is 2.31 bits per heavy atom. The van der Waals surface area contributed by atoms with Crippen LogP contribution in [0.15, 0.2) is 0 Å².